The van der Waals surface area contributed by atoms with E-state index >= 15 is 0 Å². The third-order valence-corrected chi connectivity index (χ3v) is 5.21. The van der Waals surface area contributed by atoms with Crippen LogP contribution in [-0.2, 0) is 0 Å². The van der Waals surface area contributed by atoms with E-state index in [0.29, 0.717) is 18.0 Å². The molecular formula is C15H30N2O2. The number of rotatable bonds is 6. The molecule has 1 saturated heterocycles. The van der Waals surface area contributed by atoms with Crippen LogP contribution in [0.1, 0.15) is 51.9 Å². The molecule has 1 aliphatic heterocycles. The van der Waals surface area contributed by atoms with Crippen LogP contribution in [0.25, 0.3) is 0 Å². The molecule has 0 amide bonds. The number of hydrogen-bond acceptors (Lipinski definition) is 4. The Morgan fingerprint density at radius 2 is 1.89 bits per heavy atom. The van der Waals surface area contributed by atoms with Crippen LogP contribution in [0.2, 0.25) is 0 Å². The number of nitrogens with one attached hydrogen (secondary N) is 2. The molecule has 112 valence electrons. The smallest absolute Gasteiger partial charge is 0.0647 e. The highest BCUT2D eigenvalue weighted by atomic mass is 16.3. The second-order valence-corrected chi connectivity index (χ2v) is 6.35. The van der Waals surface area contributed by atoms with Crippen LogP contribution >= 0.6 is 0 Å². The Labute approximate surface area is 117 Å². The predicted molar refractivity (Wildman–Crippen MR) is 77.1 cm³/mol. The van der Waals surface area contributed by atoms with Gasteiger partial charge in [0.2, 0.25) is 0 Å². The summed E-state index contributed by atoms with van der Waals surface area (Å²) in [5, 5.41) is 26.4. The van der Waals surface area contributed by atoms with Crippen LogP contribution in [-0.4, -0.2) is 47.6 Å². The molecule has 19 heavy (non-hydrogen) atoms. The van der Waals surface area contributed by atoms with E-state index in [1.807, 2.05) is 6.92 Å². The monoisotopic (exact) mass is 270 g/mol. The average Bonchev–Trinajstić information content (AvgIpc) is 2.94. The van der Waals surface area contributed by atoms with Gasteiger partial charge in [-0.05, 0) is 44.6 Å². The fourth-order valence-electron chi connectivity index (χ4n) is 3.75. The molecule has 2 rings (SSSR count). The third-order valence-electron chi connectivity index (χ3n) is 5.21. The molecule has 0 aromatic rings. The lowest BCUT2D eigenvalue weighted by molar-refractivity contribution is 0.0684. The van der Waals surface area contributed by atoms with Gasteiger partial charge in [0.15, 0.2) is 0 Å². The number of aliphatic hydroxyl groups is 2. The first kappa shape index (κ1) is 15.2. The summed E-state index contributed by atoms with van der Waals surface area (Å²) in [4.78, 5) is 0. The van der Waals surface area contributed by atoms with Crippen molar-refractivity contribution in [2.45, 2.75) is 69.5 Å². The summed E-state index contributed by atoms with van der Waals surface area (Å²) in [6.07, 6.45) is 8.38. The van der Waals surface area contributed by atoms with Gasteiger partial charge in [0.1, 0.15) is 0 Å². The van der Waals surface area contributed by atoms with Crippen molar-refractivity contribution in [3.05, 3.63) is 0 Å². The zero-order valence-electron chi connectivity index (χ0n) is 12.2. The summed E-state index contributed by atoms with van der Waals surface area (Å²) in [6, 6.07) is 1.07. The van der Waals surface area contributed by atoms with Crippen molar-refractivity contribution in [3.63, 3.8) is 0 Å². The summed E-state index contributed by atoms with van der Waals surface area (Å²) in [6.45, 7) is 3.21. The van der Waals surface area contributed by atoms with E-state index in [9.17, 15) is 10.2 Å². The summed E-state index contributed by atoms with van der Waals surface area (Å²) < 4.78 is 0. The van der Waals surface area contributed by atoms with E-state index in [4.69, 9.17) is 0 Å². The fraction of sp³-hybridized carbons (Fsp3) is 1.00. The highest BCUT2D eigenvalue weighted by Crippen LogP contribution is 2.33. The van der Waals surface area contributed by atoms with Crippen LogP contribution in [0.5, 0.6) is 0 Å². The van der Waals surface area contributed by atoms with E-state index in [1.54, 1.807) is 0 Å². The molecule has 0 bridgehead atoms. The third kappa shape index (κ3) is 3.48. The van der Waals surface area contributed by atoms with Gasteiger partial charge in [-0.15, -0.1) is 0 Å². The summed E-state index contributed by atoms with van der Waals surface area (Å²) in [7, 11) is 0. The number of piperidine rings is 1. The molecular weight excluding hydrogens is 240 g/mol. The summed E-state index contributed by atoms with van der Waals surface area (Å²) in [5.41, 5.74) is -0.498. The van der Waals surface area contributed by atoms with Gasteiger partial charge in [0.25, 0.3) is 0 Å². The van der Waals surface area contributed by atoms with Gasteiger partial charge in [-0.2, -0.15) is 0 Å². The molecule has 1 saturated carbocycles. The summed E-state index contributed by atoms with van der Waals surface area (Å²) in [5.74, 6) is 0.657. The van der Waals surface area contributed by atoms with E-state index in [0.717, 1.165) is 13.0 Å². The Balaban J connectivity index is 1.97. The first-order valence-electron chi connectivity index (χ1n) is 7.97. The molecule has 1 aliphatic carbocycles. The SMILES string of the molecule is CCC(CO)(CO)NC1CCCC1C1CCCCN1. The molecule has 2 fully saturated rings. The van der Waals surface area contributed by atoms with E-state index in [1.165, 1.54) is 38.5 Å². The van der Waals surface area contributed by atoms with Gasteiger partial charge < -0.3 is 20.8 Å². The van der Waals surface area contributed by atoms with Gasteiger partial charge >= 0.3 is 0 Å². The zero-order chi connectivity index (χ0) is 13.7. The Morgan fingerprint density at radius 3 is 2.47 bits per heavy atom. The second kappa shape index (κ2) is 7.02. The maximum absolute atomic E-state index is 9.60. The van der Waals surface area contributed by atoms with Crippen LogP contribution < -0.4 is 10.6 Å². The Kier molecular flexibility index (Phi) is 5.63. The normalized spacial score (nSPS) is 32.7. The lowest BCUT2D eigenvalue weighted by Gasteiger charge is -2.39. The largest absolute Gasteiger partial charge is 0.394 e. The fourth-order valence-corrected chi connectivity index (χ4v) is 3.75. The van der Waals surface area contributed by atoms with Crippen molar-refractivity contribution in [3.8, 4) is 0 Å². The molecule has 4 nitrogen and oxygen atoms in total. The maximum Gasteiger partial charge on any atom is 0.0647 e. The molecule has 0 aromatic carbocycles. The summed E-state index contributed by atoms with van der Waals surface area (Å²) >= 11 is 0. The lowest BCUT2D eigenvalue weighted by Crippen LogP contribution is -2.58. The minimum absolute atomic E-state index is 0.0152. The van der Waals surface area contributed by atoms with Crippen LogP contribution in [0.3, 0.4) is 0 Å². The van der Waals surface area contributed by atoms with Crippen molar-refractivity contribution >= 4 is 0 Å². The van der Waals surface area contributed by atoms with E-state index in [-0.39, 0.29) is 13.2 Å². The van der Waals surface area contributed by atoms with Gasteiger partial charge in [-0.3, -0.25) is 0 Å². The first-order valence-corrected chi connectivity index (χ1v) is 7.97. The van der Waals surface area contributed by atoms with E-state index in [2.05, 4.69) is 10.6 Å². The van der Waals surface area contributed by atoms with Gasteiger partial charge in [0.05, 0.1) is 18.8 Å². The number of aliphatic hydroxyl groups excluding tert-OH is 2. The highest BCUT2D eigenvalue weighted by Gasteiger charge is 2.38. The van der Waals surface area contributed by atoms with Crippen LogP contribution in [0.15, 0.2) is 0 Å². The predicted octanol–water partition coefficient (Wildman–Crippen LogP) is 1.02. The quantitative estimate of drug-likeness (QED) is 0.582. The highest BCUT2D eigenvalue weighted by molar-refractivity contribution is 4.97. The molecule has 0 radical (unpaired) electrons. The van der Waals surface area contributed by atoms with E-state index < -0.39 is 5.54 Å². The van der Waals surface area contributed by atoms with Crippen molar-refractivity contribution < 1.29 is 10.2 Å². The molecule has 3 unspecified atom stereocenters. The molecule has 4 N–H and O–H groups in total. The molecule has 0 aromatic heterocycles. The molecule has 2 aliphatic rings. The van der Waals surface area contributed by atoms with Crippen molar-refractivity contribution in [1.29, 1.82) is 0 Å². The van der Waals surface area contributed by atoms with Crippen LogP contribution in [0.4, 0.5) is 0 Å². The molecule has 1 heterocycles. The standard InChI is InChI=1S/C15H30N2O2/c1-2-15(10-18,11-19)17-14-8-5-6-12(14)13-7-3-4-9-16-13/h12-14,16-19H,2-11H2,1H3. The lowest BCUT2D eigenvalue weighted by atomic mass is 9.86. The maximum atomic E-state index is 9.60. The topological polar surface area (TPSA) is 64.5 Å². The molecule has 4 heteroatoms. The van der Waals surface area contributed by atoms with Crippen molar-refractivity contribution in [2.75, 3.05) is 19.8 Å². The first-order chi connectivity index (χ1) is 9.24. The van der Waals surface area contributed by atoms with Crippen molar-refractivity contribution in [2.24, 2.45) is 5.92 Å². The Morgan fingerprint density at radius 1 is 1.11 bits per heavy atom. The van der Waals surface area contributed by atoms with Crippen molar-refractivity contribution in [1.82, 2.24) is 10.6 Å². The average molecular weight is 270 g/mol. The van der Waals surface area contributed by atoms with Gasteiger partial charge in [-0.25, -0.2) is 0 Å². The number of hydrogen-bond donors (Lipinski definition) is 4. The minimum Gasteiger partial charge on any atom is -0.394 e. The zero-order valence-corrected chi connectivity index (χ0v) is 12.2. The molecule has 0 spiro atoms. The van der Waals surface area contributed by atoms with Gasteiger partial charge in [-0.1, -0.05) is 19.8 Å². The Hall–Kier alpha value is -0.160. The Bertz CT molecular complexity index is 255. The minimum atomic E-state index is -0.498. The second-order valence-electron chi connectivity index (χ2n) is 6.35. The molecule has 3 atom stereocenters. The van der Waals surface area contributed by atoms with Gasteiger partial charge in [0, 0.05) is 12.1 Å². The van der Waals surface area contributed by atoms with Crippen LogP contribution in [0, 0.1) is 5.92 Å².